The van der Waals surface area contributed by atoms with Crippen LogP contribution in [0.3, 0.4) is 0 Å². The van der Waals surface area contributed by atoms with Crippen LogP contribution in [-0.4, -0.2) is 29.6 Å². The molecular formula is C12H23BrO3. The summed E-state index contributed by atoms with van der Waals surface area (Å²) in [7, 11) is 0. The van der Waals surface area contributed by atoms with Gasteiger partial charge in [0, 0.05) is 5.33 Å². The van der Waals surface area contributed by atoms with Crippen LogP contribution in [0.15, 0.2) is 0 Å². The van der Waals surface area contributed by atoms with Crippen LogP contribution in [0.1, 0.15) is 47.0 Å². The number of alkyl halides is 1. The molecule has 0 aromatic rings. The lowest BCUT2D eigenvalue weighted by molar-refractivity contribution is -0.174. The Kier molecular flexibility index (Phi) is 8.02. The highest BCUT2D eigenvalue weighted by Crippen LogP contribution is 2.19. The molecule has 0 saturated carbocycles. The lowest BCUT2D eigenvalue weighted by Gasteiger charge is -2.28. The van der Waals surface area contributed by atoms with Crippen LogP contribution in [0.2, 0.25) is 0 Å². The Hall–Kier alpha value is -0.0900. The topological polar surface area (TPSA) is 35.5 Å². The maximum atomic E-state index is 11.6. The summed E-state index contributed by atoms with van der Waals surface area (Å²) in [5, 5.41) is 0.885. The van der Waals surface area contributed by atoms with E-state index in [1.807, 2.05) is 0 Å². The number of hydrogen-bond donors (Lipinski definition) is 0. The SMILES string of the molecule is CCCC(CCBr)OC(C)(C)C(=O)OCC. The number of hydrogen-bond acceptors (Lipinski definition) is 3. The Bertz CT molecular complexity index is 198. The molecule has 0 rings (SSSR count). The number of carbonyl (C=O) groups excluding carboxylic acids is 1. The second-order valence-electron chi connectivity index (χ2n) is 4.24. The van der Waals surface area contributed by atoms with Crippen molar-refractivity contribution in [3.8, 4) is 0 Å². The summed E-state index contributed by atoms with van der Waals surface area (Å²) in [6.45, 7) is 7.84. The van der Waals surface area contributed by atoms with Crippen LogP contribution >= 0.6 is 15.9 Å². The van der Waals surface area contributed by atoms with Crippen LogP contribution in [0.4, 0.5) is 0 Å². The van der Waals surface area contributed by atoms with Crippen LogP contribution in [0.25, 0.3) is 0 Å². The third-order valence-corrected chi connectivity index (χ3v) is 2.73. The first-order valence-electron chi connectivity index (χ1n) is 5.88. The molecule has 0 aliphatic carbocycles. The van der Waals surface area contributed by atoms with Crippen molar-refractivity contribution in [2.75, 3.05) is 11.9 Å². The number of halogens is 1. The average molecular weight is 295 g/mol. The van der Waals surface area contributed by atoms with Crippen molar-refractivity contribution in [3.63, 3.8) is 0 Å². The molecule has 0 aliphatic rings. The highest BCUT2D eigenvalue weighted by atomic mass is 79.9. The van der Waals surface area contributed by atoms with E-state index in [9.17, 15) is 4.79 Å². The molecule has 0 aromatic heterocycles. The molecule has 0 amide bonds. The lowest BCUT2D eigenvalue weighted by Crippen LogP contribution is -2.40. The maximum Gasteiger partial charge on any atom is 0.337 e. The van der Waals surface area contributed by atoms with Crippen molar-refractivity contribution < 1.29 is 14.3 Å². The second-order valence-corrected chi connectivity index (χ2v) is 5.03. The third-order valence-electron chi connectivity index (χ3n) is 2.27. The molecule has 4 heteroatoms. The zero-order valence-corrected chi connectivity index (χ0v) is 12.3. The molecular weight excluding hydrogens is 272 g/mol. The number of esters is 1. The summed E-state index contributed by atoms with van der Waals surface area (Å²) in [5.41, 5.74) is -0.849. The zero-order chi connectivity index (χ0) is 12.6. The molecule has 0 saturated heterocycles. The predicted octanol–water partition coefficient (Wildman–Crippen LogP) is 3.30. The van der Waals surface area contributed by atoms with Gasteiger partial charge in [-0.1, -0.05) is 29.3 Å². The molecule has 0 aliphatic heterocycles. The normalized spacial score (nSPS) is 13.6. The second kappa shape index (κ2) is 8.07. The van der Waals surface area contributed by atoms with Gasteiger partial charge >= 0.3 is 5.97 Å². The van der Waals surface area contributed by atoms with E-state index >= 15 is 0 Å². The highest BCUT2D eigenvalue weighted by molar-refractivity contribution is 9.09. The van der Waals surface area contributed by atoms with Crippen LogP contribution < -0.4 is 0 Å². The van der Waals surface area contributed by atoms with E-state index < -0.39 is 5.60 Å². The van der Waals surface area contributed by atoms with E-state index in [1.165, 1.54) is 0 Å². The Labute approximate surface area is 107 Å². The summed E-state index contributed by atoms with van der Waals surface area (Å²) in [6.07, 6.45) is 3.05. The van der Waals surface area contributed by atoms with Gasteiger partial charge in [0.2, 0.25) is 0 Å². The molecule has 0 fully saturated rings. The first-order chi connectivity index (χ1) is 7.47. The molecule has 0 N–H and O–H groups in total. The van der Waals surface area contributed by atoms with Gasteiger partial charge in [0.05, 0.1) is 12.7 Å². The minimum absolute atomic E-state index is 0.115. The van der Waals surface area contributed by atoms with E-state index in [4.69, 9.17) is 9.47 Å². The molecule has 0 heterocycles. The minimum atomic E-state index is -0.849. The van der Waals surface area contributed by atoms with Crippen molar-refractivity contribution in [3.05, 3.63) is 0 Å². The van der Waals surface area contributed by atoms with Crippen LogP contribution in [0, 0.1) is 0 Å². The Balaban J connectivity index is 4.32. The van der Waals surface area contributed by atoms with Crippen LogP contribution in [0.5, 0.6) is 0 Å². The molecule has 1 atom stereocenters. The van der Waals surface area contributed by atoms with Crippen molar-refractivity contribution in [2.24, 2.45) is 0 Å². The molecule has 0 spiro atoms. The molecule has 16 heavy (non-hydrogen) atoms. The standard InChI is InChI=1S/C12H23BrO3/c1-5-7-10(8-9-13)16-12(3,4)11(14)15-6-2/h10H,5-9H2,1-4H3. The van der Waals surface area contributed by atoms with E-state index in [1.54, 1.807) is 20.8 Å². The van der Waals surface area contributed by atoms with Crippen molar-refractivity contribution >= 4 is 21.9 Å². The van der Waals surface area contributed by atoms with E-state index in [-0.39, 0.29) is 12.1 Å². The van der Waals surface area contributed by atoms with Gasteiger partial charge < -0.3 is 9.47 Å². The summed E-state index contributed by atoms with van der Waals surface area (Å²) >= 11 is 3.40. The van der Waals surface area contributed by atoms with Gasteiger partial charge in [-0.15, -0.1) is 0 Å². The Morgan fingerprint density at radius 3 is 2.38 bits per heavy atom. The van der Waals surface area contributed by atoms with E-state index in [0.717, 1.165) is 24.6 Å². The van der Waals surface area contributed by atoms with Gasteiger partial charge in [-0.25, -0.2) is 4.79 Å². The number of ether oxygens (including phenoxy) is 2. The number of carbonyl (C=O) groups is 1. The van der Waals surface area contributed by atoms with Crippen molar-refractivity contribution in [1.29, 1.82) is 0 Å². The summed E-state index contributed by atoms with van der Waals surface area (Å²) in [6, 6.07) is 0. The van der Waals surface area contributed by atoms with Crippen LogP contribution in [-0.2, 0) is 14.3 Å². The first kappa shape index (κ1) is 15.9. The summed E-state index contributed by atoms with van der Waals surface area (Å²) in [4.78, 5) is 11.6. The fourth-order valence-corrected chi connectivity index (χ4v) is 1.99. The number of rotatable bonds is 8. The minimum Gasteiger partial charge on any atom is -0.464 e. The quantitative estimate of drug-likeness (QED) is 0.509. The van der Waals surface area contributed by atoms with Gasteiger partial charge in [0.25, 0.3) is 0 Å². The largest absolute Gasteiger partial charge is 0.464 e. The van der Waals surface area contributed by atoms with Crippen molar-refractivity contribution in [2.45, 2.75) is 58.7 Å². The highest BCUT2D eigenvalue weighted by Gasteiger charge is 2.32. The van der Waals surface area contributed by atoms with Gasteiger partial charge in [-0.3, -0.25) is 0 Å². The fourth-order valence-electron chi connectivity index (χ4n) is 1.48. The average Bonchev–Trinajstić information content (AvgIpc) is 2.18. The lowest BCUT2D eigenvalue weighted by atomic mass is 10.1. The van der Waals surface area contributed by atoms with Gasteiger partial charge in [-0.05, 0) is 33.6 Å². The smallest absolute Gasteiger partial charge is 0.337 e. The molecule has 96 valence electrons. The van der Waals surface area contributed by atoms with E-state index in [0.29, 0.717) is 6.61 Å². The molecule has 0 bridgehead atoms. The molecule has 0 radical (unpaired) electrons. The monoisotopic (exact) mass is 294 g/mol. The molecule has 1 unspecified atom stereocenters. The Morgan fingerprint density at radius 1 is 1.31 bits per heavy atom. The van der Waals surface area contributed by atoms with Gasteiger partial charge in [0.1, 0.15) is 0 Å². The third kappa shape index (κ3) is 5.85. The zero-order valence-electron chi connectivity index (χ0n) is 10.7. The first-order valence-corrected chi connectivity index (χ1v) is 7.01. The Morgan fingerprint density at radius 2 is 1.94 bits per heavy atom. The molecule has 3 nitrogen and oxygen atoms in total. The maximum absolute atomic E-state index is 11.6. The molecule has 0 aromatic carbocycles. The van der Waals surface area contributed by atoms with Crippen molar-refractivity contribution in [1.82, 2.24) is 0 Å². The fraction of sp³-hybridized carbons (Fsp3) is 0.917. The predicted molar refractivity (Wildman–Crippen MR) is 68.9 cm³/mol. The summed E-state index contributed by atoms with van der Waals surface area (Å²) < 4.78 is 10.8. The van der Waals surface area contributed by atoms with Gasteiger partial charge in [-0.2, -0.15) is 0 Å². The van der Waals surface area contributed by atoms with Gasteiger partial charge in [0.15, 0.2) is 5.60 Å². The van der Waals surface area contributed by atoms with E-state index in [2.05, 4.69) is 22.9 Å². The summed E-state index contributed by atoms with van der Waals surface area (Å²) in [5.74, 6) is -0.286.